The second kappa shape index (κ2) is 5.17. The van der Waals surface area contributed by atoms with Crippen LogP contribution in [0.3, 0.4) is 0 Å². The van der Waals surface area contributed by atoms with Crippen LogP contribution < -0.4 is 10.7 Å². The van der Waals surface area contributed by atoms with Crippen LogP contribution in [0.4, 0.5) is 13.2 Å². The molecule has 0 spiro atoms. The van der Waals surface area contributed by atoms with Gasteiger partial charge in [0, 0.05) is 12.0 Å². The normalized spacial score (nSPS) is 12.8. The summed E-state index contributed by atoms with van der Waals surface area (Å²) in [5.74, 6) is 0. The average molecular weight is 264 g/mol. The lowest BCUT2D eigenvalue weighted by atomic mass is 9.92. The third-order valence-corrected chi connectivity index (χ3v) is 2.34. The van der Waals surface area contributed by atoms with E-state index in [0.717, 1.165) is 5.69 Å². The summed E-state index contributed by atoms with van der Waals surface area (Å²) in [5.41, 5.74) is 3.50. The minimum Gasteiger partial charge on any atom is -0.314 e. The van der Waals surface area contributed by atoms with Crippen LogP contribution in [-0.2, 0) is 12.0 Å². The molecule has 104 valence electrons. The number of halogens is 3. The number of alkyl halides is 3. The smallest absolute Gasteiger partial charge is 0.314 e. The Labute approximate surface area is 105 Å². The molecule has 0 unspecified atom stereocenters. The van der Waals surface area contributed by atoms with Gasteiger partial charge in [0.05, 0.1) is 11.4 Å². The molecule has 1 rings (SSSR count). The van der Waals surface area contributed by atoms with Gasteiger partial charge in [-0.1, -0.05) is 20.8 Å². The monoisotopic (exact) mass is 264 g/mol. The zero-order chi connectivity index (χ0) is 14.0. The van der Waals surface area contributed by atoms with Crippen molar-refractivity contribution >= 4 is 0 Å². The first-order valence-corrected chi connectivity index (χ1v) is 5.68. The Balaban J connectivity index is 2.91. The molecule has 1 aromatic rings. The number of rotatable bonds is 4. The second-order valence-corrected chi connectivity index (χ2v) is 5.16. The number of aromatic nitrogens is 2. The summed E-state index contributed by atoms with van der Waals surface area (Å²) >= 11 is 0. The Kier molecular flexibility index (Phi) is 4.26. The van der Waals surface area contributed by atoms with Gasteiger partial charge in [-0.25, -0.2) is 0 Å². The Hall–Kier alpha value is -1.24. The van der Waals surface area contributed by atoms with Crippen LogP contribution in [-0.4, -0.2) is 29.7 Å². The van der Waals surface area contributed by atoms with E-state index in [1.54, 1.807) is 13.1 Å². The molecule has 0 saturated carbocycles. The molecule has 0 fully saturated rings. The summed E-state index contributed by atoms with van der Waals surface area (Å²) in [6, 6.07) is 1.81. The first kappa shape index (κ1) is 14.8. The maximum atomic E-state index is 12.2. The van der Waals surface area contributed by atoms with Crippen molar-refractivity contribution in [2.75, 3.05) is 19.0 Å². The van der Waals surface area contributed by atoms with Crippen LogP contribution in [0, 0.1) is 0 Å². The van der Waals surface area contributed by atoms with Crippen LogP contribution in [0.5, 0.6) is 0 Å². The Morgan fingerprint density at radius 1 is 1.28 bits per heavy atom. The van der Waals surface area contributed by atoms with Gasteiger partial charge in [0.2, 0.25) is 0 Å². The molecule has 1 aromatic heterocycles. The third-order valence-electron chi connectivity index (χ3n) is 2.34. The summed E-state index contributed by atoms with van der Waals surface area (Å²) in [4.78, 5) is 1.20. The van der Waals surface area contributed by atoms with Gasteiger partial charge < -0.3 is 10.7 Å². The highest BCUT2D eigenvalue weighted by Gasteiger charge is 2.28. The van der Waals surface area contributed by atoms with Crippen molar-refractivity contribution in [2.45, 2.75) is 38.9 Å². The fourth-order valence-corrected chi connectivity index (χ4v) is 1.39. The van der Waals surface area contributed by atoms with E-state index in [-0.39, 0.29) is 5.41 Å². The van der Waals surface area contributed by atoms with Gasteiger partial charge in [0.25, 0.3) is 0 Å². The van der Waals surface area contributed by atoms with Gasteiger partial charge in [-0.05, 0) is 13.1 Å². The largest absolute Gasteiger partial charge is 0.407 e. The van der Waals surface area contributed by atoms with Crippen LogP contribution in [0.25, 0.3) is 0 Å². The highest BCUT2D eigenvalue weighted by atomic mass is 19.4. The van der Waals surface area contributed by atoms with Crippen molar-refractivity contribution in [1.82, 2.24) is 15.2 Å². The van der Waals surface area contributed by atoms with E-state index in [4.69, 9.17) is 0 Å². The molecule has 1 heterocycles. The number of hydrogen-bond donors (Lipinski definition) is 2. The summed E-state index contributed by atoms with van der Waals surface area (Å²) in [6.45, 7) is 5.24. The molecule has 0 aromatic carbocycles. The molecule has 0 amide bonds. The van der Waals surface area contributed by atoms with Gasteiger partial charge in [-0.2, -0.15) is 23.1 Å². The second-order valence-electron chi connectivity index (χ2n) is 5.16. The molecule has 0 atom stereocenters. The number of nitrogens with one attached hydrogen (secondary N) is 2. The predicted octanol–water partition coefficient (Wildman–Crippen LogP) is 2.01. The van der Waals surface area contributed by atoms with E-state index in [1.165, 1.54) is 4.79 Å². The summed E-state index contributed by atoms with van der Waals surface area (Å²) < 4.78 is 36.5. The minimum atomic E-state index is -4.26. The molecule has 0 bridgehead atoms. The molecule has 2 N–H and O–H groups in total. The van der Waals surface area contributed by atoms with E-state index < -0.39 is 12.7 Å². The van der Waals surface area contributed by atoms with Crippen molar-refractivity contribution in [3.05, 3.63) is 17.5 Å². The molecule has 4 nitrogen and oxygen atoms in total. The fourth-order valence-electron chi connectivity index (χ4n) is 1.39. The molecule has 18 heavy (non-hydrogen) atoms. The van der Waals surface area contributed by atoms with E-state index in [2.05, 4.69) is 15.8 Å². The van der Waals surface area contributed by atoms with Crippen LogP contribution in [0.2, 0.25) is 0 Å². The van der Waals surface area contributed by atoms with Gasteiger partial charge in [-0.15, -0.1) is 0 Å². The van der Waals surface area contributed by atoms with Crippen LogP contribution in [0.15, 0.2) is 6.07 Å². The highest BCUT2D eigenvalue weighted by molar-refractivity contribution is 5.18. The molecule has 0 radical (unpaired) electrons. The predicted molar refractivity (Wildman–Crippen MR) is 64.0 cm³/mol. The lowest BCUT2D eigenvalue weighted by molar-refractivity contribution is -0.117. The minimum absolute atomic E-state index is 0.201. The maximum absolute atomic E-state index is 12.2. The number of hydrogen-bond acceptors (Lipinski definition) is 3. The lowest BCUT2D eigenvalue weighted by Gasteiger charge is -2.15. The first-order valence-electron chi connectivity index (χ1n) is 5.68. The van der Waals surface area contributed by atoms with E-state index in [9.17, 15) is 13.2 Å². The average Bonchev–Trinajstić information content (AvgIpc) is 2.57. The molecule has 0 aliphatic heterocycles. The Morgan fingerprint density at radius 3 is 2.33 bits per heavy atom. The SMILES string of the molecule is CNCc1cc(C(C)(C)C)nn1NCC(F)(F)F. The standard InChI is InChI=1S/C11H19F3N4/c1-10(2,3)9-5-8(6-15-4)18(17-9)16-7-11(12,13)14/h5,15-16H,6-7H2,1-4H3. The molecule has 0 saturated heterocycles. The molecule has 0 aliphatic carbocycles. The molecule has 7 heteroatoms. The molecular formula is C11H19F3N4. The third kappa shape index (κ3) is 4.21. The number of nitrogens with zero attached hydrogens (tertiary/aromatic N) is 2. The topological polar surface area (TPSA) is 41.9 Å². The fraction of sp³-hybridized carbons (Fsp3) is 0.727. The van der Waals surface area contributed by atoms with E-state index in [0.29, 0.717) is 12.2 Å². The van der Waals surface area contributed by atoms with E-state index in [1.807, 2.05) is 20.8 Å². The zero-order valence-corrected chi connectivity index (χ0v) is 11.0. The Bertz CT molecular complexity index is 390. The zero-order valence-electron chi connectivity index (χ0n) is 11.0. The van der Waals surface area contributed by atoms with E-state index >= 15 is 0 Å². The summed E-state index contributed by atoms with van der Waals surface area (Å²) in [5, 5.41) is 7.07. The highest BCUT2D eigenvalue weighted by Crippen LogP contribution is 2.21. The quantitative estimate of drug-likeness (QED) is 0.874. The van der Waals surface area contributed by atoms with Gasteiger partial charge in [0.1, 0.15) is 6.54 Å². The molecular weight excluding hydrogens is 245 g/mol. The van der Waals surface area contributed by atoms with Gasteiger partial charge in [0.15, 0.2) is 0 Å². The van der Waals surface area contributed by atoms with Crippen molar-refractivity contribution in [2.24, 2.45) is 0 Å². The van der Waals surface area contributed by atoms with Crippen molar-refractivity contribution in [3.63, 3.8) is 0 Å². The van der Waals surface area contributed by atoms with Crippen LogP contribution >= 0.6 is 0 Å². The van der Waals surface area contributed by atoms with Crippen molar-refractivity contribution in [1.29, 1.82) is 0 Å². The summed E-state index contributed by atoms with van der Waals surface area (Å²) in [6.07, 6.45) is -4.26. The van der Waals surface area contributed by atoms with Crippen LogP contribution in [0.1, 0.15) is 32.2 Å². The van der Waals surface area contributed by atoms with Crippen molar-refractivity contribution < 1.29 is 13.2 Å². The van der Waals surface area contributed by atoms with Gasteiger partial charge >= 0.3 is 6.18 Å². The van der Waals surface area contributed by atoms with Gasteiger partial charge in [-0.3, -0.25) is 0 Å². The molecule has 0 aliphatic rings. The Morgan fingerprint density at radius 2 is 1.89 bits per heavy atom. The maximum Gasteiger partial charge on any atom is 0.407 e. The van der Waals surface area contributed by atoms with Crippen molar-refractivity contribution in [3.8, 4) is 0 Å². The lowest BCUT2D eigenvalue weighted by Crippen LogP contribution is -2.30. The first-order chi connectivity index (χ1) is 8.13. The summed E-state index contributed by atoms with van der Waals surface area (Å²) in [7, 11) is 1.73.